The average molecular weight is 139 g/mol. The van der Waals surface area contributed by atoms with Crippen LogP contribution in [0.2, 0.25) is 0 Å². The Bertz CT molecular complexity index is 165. The second kappa shape index (κ2) is 5.10. The van der Waals surface area contributed by atoms with Gasteiger partial charge in [0.15, 0.2) is 0 Å². The Kier molecular flexibility index (Phi) is 4.73. The Morgan fingerprint density at radius 3 is 2.20 bits per heavy atom. The lowest BCUT2D eigenvalue weighted by Crippen LogP contribution is -1.86. The molecule has 1 nitrogen and oxygen atoms in total. The van der Waals surface area contributed by atoms with Crippen molar-refractivity contribution in [3.8, 4) is 0 Å². The zero-order valence-electron chi connectivity index (χ0n) is 7.39. The number of aromatic nitrogens is 1. The number of aryl methyl sites for hydroxylation is 2. The van der Waals surface area contributed by atoms with E-state index in [0.29, 0.717) is 0 Å². The smallest absolute Gasteiger partial charge is 0.0191 e. The second-order valence-electron chi connectivity index (χ2n) is 2.02. The first-order valence-corrected chi connectivity index (χ1v) is 3.95. The Morgan fingerprint density at radius 1 is 1.40 bits per heavy atom. The molecule has 0 bridgehead atoms. The first-order valence-electron chi connectivity index (χ1n) is 3.95. The molecule has 1 aromatic rings. The van der Waals surface area contributed by atoms with Crippen molar-refractivity contribution < 1.29 is 0 Å². The van der Waals surface area contributed by atoms with Gasteiger partial charge in [-0.1, -0.05) is 13.8 Å². The van der Waals surface area contributed by atoms with E-state index in [1.165, 1.54) is 5.56 Å². The molecule has 58 valence electrons. The first-order chi connectivity index (χ1) is 4.83. The molecule has 1 aromatic heterocycles. The van der Waals surface area contributed by atoms with Gasteiger partial charge in [0.05, 0.1) is 0 Å². The molecule has 1 heteroatoms. The van der Waals surface area contributed by atoms with Gasteiger partial charge in [-0.05, 0) is 25.5 Å². The topological polar surface area (TPSA) is 4.93 Å². The van der Waals surface area contributed by atoms with E-state index in [9.17, 15) is 0 Å². The molecule has 0 amide bonds. The summed E-state index contributed by atoms with van der Waals surface area (Å²) in [5, 5.41) is 0. The summed E-state index contributed by atoms with van der Waals surface area (Å²) in [5.74, 6) is 0. The largest absolute Gasteiger partial charge is 0.354 e. The summed E-state index contributed by atoms with van der Waals surface area (Å²) in [6.45, 7) is 9.32. The quantitative estimate of drug-likeness (QED) is 0.564. The molecule has 0 aliphatic rings. The summed E-state index contributed by atoms with van der Waals surface area (Å²) >= 11 is 0. The van der Waals surface area contributed by atoms with Gasteiger partial charge in [-0.3, -0.25) is 0 Å². The average Bonchev–Trinajstić information content (AvgIpc) is 2.40. The van der Waals surface area contributed by atoms with Gasteiger partial charge in [0.25, 0.3) is 0 Å². The number of hydrogen-bond donors (Lipinski definition) is 0. The molecule has 1 heterocycles. The van der Waals surface area contributed by atoms with Crippen LogP contribution in [0, 0.1) is 6.92 Å². The summed E-state index contributed by atoms with van der Waals surface area (Å²) in [7, 11) is 0. The van der Waals surface area contributed by atoms with Crippen molar-refractivity contribution in [1.82, 2.24) is 4.57 Å². The van der Waals surface area contributed by atoms with E-state index in [2.05, 4.69) is 36.9 Å². The Hall–Kier alpha value is -0.720. The molecule has 0 aromatic carbocycles. The Balaban J connectivity index is 0.000000371. The maximum atomic E-state index is 2.16. The van der Waals surface area contributed by atoms with Crippen molar-refractivity contribution in [3.63, 3.8) is 0 Å². The van der Waals surface area contributed by atoms with Gasteiger partial charge in [-0.15, -0.1) is 0 Å². The van der Waals surface area contributed by atoms with E-state index in [1.807, 2.05) is 13.8 Å². The van der Waals surface area contributed by atoms with E-state index in [0.717, 1.165) is 6.54 Å². The SMILES string of the molecule is CC.CCn1ccc(C)c1. The molecule has 0 N–H and O–H groups in total. The zero-order chi connectivity index (χ0) is 7.98. The highest BCUT2D eigenvalue weighted by Gasteiger charge is 1.84. The molecule has 0 spiro atoms. The van der Waals surface area contributed by atoms with E-state index >= 15 is 0 Å². The molecule has 0 atom stereocenters. The number of hydrogen-bond acceptors (Lipinski definition) is 0. The van der Waals surface area contributed by atoms with Crippen LogP contribution in [0.25, 0.3) is 0 Å². The molecule has 0 saturated carbocycles. The fourth-order valence-electron chi connectivity index (χ4n) is 0.758. The van der Waals surface area contributed by atoms with Crippen LogP contribution in [0.5, 0.6) is 0 Å². The van der Waals surface area contributed by atoms with Crippen molar-refractivity contribution in [2.75, 3.05) is 0 Å². The Labute approximate surface area is 63.7 Å². The monoisotopic (exact) mass is 139 g/mol. The highest BCUT2D eigenvalue weighted by atomic mass is 14.9. The minimum Gasteiger partial charge on any atom is -0.354 e. The molecular weight excluding hydrogens is 122 g/mol. The van der Waals surface area contributed by atoms with Gasteiger partial charge in [0.2, 0.25) is 0 Å². The molecule has 0 radical (unpaired) electrons. The van der Waals surface area contributed by atoms with Crippen LogP contribution in [-0.4, -0.2) is 4.57 Å². The van der Waals surface area contributed by atoms with Crippen molar-refractivity contribution in [2.45, 2.75) is 34.2 Å². The summed E-state index contributed by atoms with van der Waals surface area (Å²) in [5.41, 5.74) is 1.34. The van der Waals surface area contributed by atoms with Crippen LogP contribution >= 0.6 is 0 Å². The van der Waals surface area contributed by atoms with Crippen LogP contribution in [0.15, 0.2) is 18.5 Å². The van der Waals surface area contributed by atoms with Crippen molar-refractivity contribution in [1.29, 1.82) is 0 Å². The fourth-order valence-corrected chi connectivity index (χ4v) is 0.758. The van der Waals surface area contributed by atoms with Gasteiger partial charge < -0.3 is 4.57 Å². The molecule has 10 heavy (non-hydrogen) atoms. The fraction of sp³-hybridized carbons (Fsp3) is 0.556. The lowest BCUT2D eigenvalue weighted by molar-refractivity contribution is 0.768. The van der Waals surface area contributed by atoms with Crippen LogP contribution in [0.4, 0.5) is 0 Å². The minimum atomic E-state index is 1.08. The predicted molar refractivity (Wildman–Crippen MR) is 46.2 cm³/mol. The van der Waals surface area contributed by atoms with Gasteiger partial charge >= 0.3 is 0 Å². The van der Waals surface area contributed by atoms with E-state index in [-0.39, 0.29) is 0 Å². The highest BCUT2D eigenvalue weighted by Crippen LogP contribution is 1.96. The molecule has 1 rings (SSSR count). The summed E-state index contributed by atoms with van der Waals surface area (Å²) in [6.07, 6.45) is 4.23. The molecule has 0 fully saturated rings. The van der Waals surface area contributed by atoms with Gasteiger partial charge in [-0.2, -0.15) is 0 Å². The van der Waals surface area contributed by atoms with Crippen molar-refractivity contribution >= 4 is 0 Å². The standard InChI is InChI=1S/C7H11N.C2H6/c1-3-8-5-4-7(2)6-8;1-2/h4-6H,3H2,1-2H3;1-2H3. The van der Waals surface area contributed by atoms with Crippen LogP contribution in [-0.2, 0) is 6.54 Å². The highest BCUT2D eigenvalue weighted by molar-refractivity contribution is 5.06. The second-order valence-corrected chi connectivity index (χ2v) is 2.02. The third-order valence-electron chi connectivity index (χ3n) is 1.26. The molecule has 0 aliphatic carbocycles. The third kappa shape index (κ3) is 2.72. The van der Waals surface area contributed by atoms with E-state index in [1.54, 1.807) is 0 Å². The Morgan fingerprint density at radius 2 is 2.00 bits per heavy atom. The van der Waals surface area contributed by atoms with Crippen LogP contribution in [0.1, 0.15) is 26.3 Å². The van der Waals surface area contributed by atoms with Crippen molar-refractivity contribution in [2.24, 2.45) is 0 Å². The van der Waals surface area contributed by atoms with Gasteiger partial charge in [0, 0.05) is 18.9 Å². The number of nitrogens with zero attached hydrogens (tertiary/aromatic N) is 1. The summed E-state index contributed by atoms with van der Waals surface area (Å²) < 4.78 is 2.16. The molecule has 0 aliphatic heterocycles. The van der Waals surface area contributed by atoms with E-state index in [4.69, 9.17) is 0 Å². The molecule has 0 saturated heterocycles. The molecule has 0 unspecified atom stereocenters. The van der Waals surface area contributed by atoms with Gasteiger partial charge in [0.1, 0.15) is 0 Å². The summed E-state index contributed by atoms with van der Waals surface area (Å²) in [6, 6.07) is 2.11. The first kappa shape index (κ1) is 9.28. The zero-order valence-corrected chi connectivity index (χ0v) is 7.39. The summed E-state index contributed by atoms with van der Waals surface area (Å²) in [4.78, 5) is 0. The van der Waals surface area contributed by atoms with Crippen LogP contribution in [0.3, 0.4) is 0 Å². The molecular formula is C9H17N. The van der Waals surface area contributed by atoms with Crippen molar-refractivity contribution in [3.05, 3.63) is 24.0 Å². The normalized spacial score (nSPS) is 8.40. The third-order valence-corrected chi connectivity index (χ3v) is 1.26. The predicted octanol–water partition coefficient (Wildman–Crippen LogP) is 2.84. The maximum Gasteiger partial charge on any atom is 0.0191 e. The minimum absolute atomic E-state index is 1.08. The number of rotatable bonds is 1. The lowest BCUT2D eigenvalue weighted by Gasteiger charge is -1.90. The van der Waals surface area contributed by atoms with E-state index < -0.39 is 0 Å². The lowest BCUT2D eigenvalue weighted by atomic mass is 10.4. The van der Waals surface area contributed by atoms with Crippen LogP contribution < -0.4 is 0 Å². The van der Waals surface area contributed by atoms with Gasteiger partial charge in [-0.25, -0.2) is 0 Å². The maximum absolute atomic E-state index is 2.16.